The standard InChI is InChI=1S/C21H18FNO5/c1-27-17-8-5-14(19(11-17)28-2)12-23-20(25)10-15(21(23)26)9-18(24)13-3-6-16(22)7-4-13/h3-8,10-11H,9,12H2,1-2H3. The van der Waals surface area contributed by atoms with Crippen LogP contribution in [-0.2, 0) is 16.1 Å². The van der Waals surface area contributed by atoms with Crippen molar-refractivity contribution in [2.75, 3.05) is 14.2 Å². The van der Waals surface area contributed by atoms with E-state index >= 15 is 0 Å². The van der Waals surface area contributed by atoms with Crippen LogP contribution in [-0.4, -0.2) is 36.7 Å². The number of carbonyl (C=O) groups excluding carboxylic acids is 3. The Bertz CT molecular complexity index is 965. The van der Waals surface area contributed by atoms with Gasteiger partial charge in [-0.1, -0.05) is 0 Å². The van der Waals surface area contributed by atoms with E-state index in [2.05, 4.69) is 0 Å². The van der Waals surface area contributed by atoms with Crippen molar-refractivity contribution in [1.29, 1.82) is 0 Å². The zero-order valence-corrected chi connectivity index (χ0v) is 15.4. The summed E-state index contributed by atoms with van der Waals surface area (Å²) in [7, 11) is 3.01. The summed E-state index contributed by atoms with van der Waals surface area (Å²) in [4.78, 5) is 38.3. The van der Waals surface area contributed by atoms with E-state index in [9.17, 15) is 18.8 Å². The number of methoxy groups -OCH3 is 2. The molecule has 0 atom stereocenters. The highest BCUT2D eigenvalue weighted by Gasteiger charge is 2.32. The van der Waals surface area contributed by atoms with Gasteiger partial charge >= 0.3 is 0 Å². The molecule has 0 saturated heterocycles. The molecule has 7 heteroatoms. The van der Waals surface area contributed by atoms with Gasteiger partial charge in [0.1, 0.15) is 17.3 Å². The Morgan fingerprint density at radius 1 is 1.04 bits per heavy atom. The van der Waals surface area contributed by atoms with Crippen molar-refractivity contribution in [3.8, 4) is 11.5 Å². The van der Waals surface area contributed by atoms with Crippen molar-refractivity contribution in [2.24, 2.45) is 0 Å². The maximum Gasteiger partial charge on any atom is 0.257 e. The number of carbonyl (C=O) groups is 3. The minimum absolute atomic E-state index is 0.00950. The van der Waals surface area contributed by atoms with Crippen LogP contribution < -0.4 is 9.47 Å². The zero-order valence-electron chi connectivity index (χ0n) is 15.4. The molecule has 2 amide bonds. The number of ether oxygens (including phenoxy) is 2. The first-order chi connectivity index (χ1) is 13.4. The molecule has 0 fully saturated rings. The Hall–Kier alpha value is -3.48. The molecule has 0 aromatic heterocycles. The second-order valence-corrected chi connectivity index (χ2v) is 6.18. The summed E-state index contributed by atoms with van der Waals surface area (Å²) in [5.74, 6) is -0.777. The zero-order chi connectivity index (χ0) is 20.3. The fourth-order valence-corrected chi connectivity index (χ4v) is 2.90. The summed E-state index contributed by atoms with van der Waals surface area (Å²) >= 11 is 0. The number of nitrogens with zero attached hydrogens (tertiary/aromatic N) is 1. The summed E-state index contributed by atoms with van der Waals surface area (Å²) < 4.78 is 23.4. The van der Waals surface area contributed by atoms with Gasteiger partial charge in [0.25, 0.3) is 11.8 Å². The lowest BCUT2D eigenvalue weighted by atomic mass is 10.0. The number of benzene rings is 2. The monoisotopic (exact) mass is 383 g/mol. The average Bonchev–Trinajstić information content (AvgIpc) is 2.96. The van der Waals surface area contributed by atoms with E-state index in [-0.39, 0.29) is 29.9 Å². The van der Waals surface area contributed by atoms with Crippen molar-refractivity contribution in [2.45, 2.75) is 13.0 Å². The summed E-state index contributed by atoms with van der Waals surface area (Å²) in [5, 5.41) is 0. The van der Waals surface area contributed by atoms with Crippen molar-refractivity contribution >= 4 is 17.6 Å². The molecule has 144 valence electrons. The second-order valence-electron chi connectivity index (χ2n) is 6.18. The third-order valence-corrected chi connectivity index (χ3v) is 4.42. The summed E-state index contributed by atoms with van der Waals surface area (Å²) in [6, 6.07) is 10.1. The fourth-order valence-electron chi connectivity index (χ4n) is 2.90. The first-order valence-corrected chi connectivity index (χ1v) is 8.49. The Kier molecular flexibility index (Phi) is 5.54. The highest BCUT2D eigenvalue weighted by Crippen LogP contribution is 2.28. The molecule has 1 heterocycles. The molecular weight excluding hydrogens is 365 g/mol. The first-order valence-electron chi connectivity index (χ1n) is 8.49. The summed E-state index contributed by atoms with van der Waals surface area (Å²) in [6.07, 6.45) is 0.937. The normalized spacial score (nSPS) is 13.5. The topological polar surface area (TPSA) is 72.9 Å². The summed E-state index contributed by atoms with van der Waals surface area (Å²) in [6.45, 7) is 0.00950. The number of amides is 2. The third-order valence-electron chi connectivity index (χ3n) is 4.42. The second kappa shape index (κ2) is 8.04. The third kappa shape index (κ3) is 3.93. The minimum Gasteiger partial charge on any atom is -0.497 e. The minimum atomic E-state index is -0.529. The fraction of sp³-hybridized carbons (Fsp3) is 0.190. The maximum atomic E-state index is 13.0. The van der Waals surface area contributed by atoms with Gasteiger partial charge in [0, 0.05) is 35.3 Å². The van der Waals surface area contributed by atoms with Gasteiger partial charge in [0.2, 0.25) is 0 Å². The molecule has 0 radical (unpaired) electrons. The van der Waals surface area contributed by atoms with E-state index in [0.29, 0.717) is 17.1 Å². The van der Waals surface area contributed by atoms with E-state index in [0.717, 1.165) is 4.90 Å². The largest absolute Gasteiger partial charge is 0.497 e. The number of Topliss-reactive ketones (excluding diaryl/α,β-unsaturated/α-hetero) is 1. The van der Waals surface area contributed by atoms with Crippen LogP contribution >= 0.6 is 0 Å². The first kappa shape index (κ1) is 19.3. The van der Waals surface area contributed by atoms with Gasteiger partial charge in [-0.3, -0.25) is 19.3 Å². The van der Waals surface area contributed by atoms with E-state index in [4.69, 9.17) is 9.47 Å². The van der Waals surface area contributed by atoms with Crippen molar-refractivity contribution in [3.05, 3.63) is 71.1 Å². The molecule has 0 N–H and O–H groups in total. The Balaban J connectivity index is 1.73. The molecule has 3 rings (SSSR count). The van der Waals surface area contributed by atoms with Crippen molar-refractivity contribution in [1.82, 2.24) is 4.90 Å². The number of halogens is 1. The molecule has 0 unspecified atom stereocenters. The predicted octanol–water partition coefficient (Wildman–Crippen LogP) is 2.91. The van der Waals surface area contributed by atoms with Gasteiger partial charge in [0.05, 0.1) is 20.8 Å². The molecule has 2 aromatic rings. The number of imide groups is 1. The maximum absolute atomic E-state index is 13.0. The Labute approximate surface area is 161 Å². The molecule has 1 aliphatic heterocycles. The van der Waals surface area contributed by atoms with Crippen LogP contribution in [0, 0.1) is 5.82 Å². The highest BCUT2D eigenvalue weighted by atomic mass is 19.1. The smallest absolute Gasteiger partial charge is 0.257 e. The number of ketones is 1. The van der Waals surface area contributed by atoms with Crippen LogP contribution in [0.3, 0.4) is 0 Å². The van der Waals surface area contributed by atoms with Crippen LogP contribution in [0.1, 0.15) is 22.3 Å². The van der Waals surface area contributed by atoms with Gasteiger partial charge in [0.15, 0.2) is 5.78 Å². The van der Waals surface area contributed by atoms with Crippen LogP contribution in [0.5, 0.6) is 11.5 Å². The van der Waals surface area contributed by atoms with Crippen molar-refractivity contribution < 1.29 is 28.2 Å². The van der Waals surface area contributed by atoms with Gasteiger partial charge in [-0.2, -0.15) is 0 Å². The van der Waals surface area contributed by atoms with Gasteiger partial charge in [-0.25, -0.2) is 4.39 Å². The average molecular weight is 383 g/mol. The van der Waals surface area contributed by atoms with Crippen LogP contribution in [0.2, 0.25) is 0 Å². The lowest BCUT2D eigenvalue weighted by molar-refractivity contribution is -0.137. The lowest BCUT2D eigenvalue weighted by Crippen LogP contribution is -2.31. The molecule has 0 aliphatic carbocycles. The van der Waals surface area contributed by atoms with E-state index in [1.807, 2.05) is 0 Å². The molecule has 2 aromatic carbocycles. The summed E-state index contributed by atoms with van der Waals surface area (Å²) in [5.41, 5.74) is 1.01. The Morgan fingerprint density at radius 2 is 1.75 bits per heavy atom. The van der Waals surface area contributed by atoms with Gasteiger partial charge in [-0.05, 0) is 36.4 Å². The van der Waals surface area contributed by atoms with Gasteiger partial charge in [-0.15, -0.1) is 0 Å². The number of hydrogen-bond donors (Lipinski definition) is 0. The SMILES string of the molecule is COc1ccc(CN2C(=O)C=C(CC(=O)c3ccc(F)cc3)C2=O)c(OC)c1. The van der Waals surface area contributed by atoms with Crippen LogP contribution in [0.15, 0.2) is 54.1 Å². The van der Waals surface area contributed by atoms with Crippen molar-refractivity contribution in [3.63, 3.8) is 0 Å². The van der Waals surface area contributed by atoms with E-state index in [1.165, 1.54) is 44.6 Å². The van der Waals surface area contributed by atoms with E-state index in [1.54, 1.807) is 18.2 Å². The quantitative estimate of drug-likeness (QED) is 0.543. The lowest BCUT2D eigenvalue weighted by Gasteiger charge is -2.17. The van der Waals surface area contributed by atoms with E-state index < -0.39 is 17.6 Å². The molecule has 1 aliphatic rings. The molecular formula is C21H18FNO5. The Morgan fingerprint density at radius 3 is 2.39 bits per heavy atom. The molecule has 0 bridgehead atoms. The van der Waals surface area contributed by atoms with Crippen LogP contribution in [0.4, 0.5) is 4.39 Å². The molecule has 6 nitrogen and oxygen atoms in total. The molecule has 0 saturated carbocycles. The molecule has 0 spiro atoms. The predicted molar refractivity (Wildman–Crippen MR) is 98.5 cm³/mol. The molecule has 28 heavy (non-hydrogen) atoms. The van der Waals surface area contributed by atoms with Gasteiger partial charge < -0.3 is 9.47 Å². The number of hydrogen-bond acceptors (Lipinski definition) is 5. The van der Waals surface area contributed by atoms with Crippen LogP contribution in [0.25, 0.3) is 0 Å². The highest BCUT2D eigenvalue weighted by molar-refractivity contribution is 6.18. The number of rotatable bonds is 7.